The molecule has 0 aliphatic carbocycles. The molecule has 0 aromatic heterocycles. The third-order valence-electron chi connectivity index (χ3n) is 5.07. The number of para-hydroxylation sites is 1. The van der Waals surface area contributed by atoms with E-state index in [0.29, 0.717) is 24.5 Å². The summed E-state index contributed by atoms with van der Waals surface area (Å²) in [6.45, 7) is 4.62. The first-order chi connectivity index (χ1) is 13.8. The maximum Gasteiger partial charge on any atom is 0.263 e. The number of anilines is 2. The Bertz CT molecular complexity index is 924. The maximum absolute atomic E-state index is 12.7. The van der Waals surface area contributed by atoms with Crippen LogP contribution >= 0.6 is 0 Å². The van der Waals surface area contributed by atoms with Gasteiger partial charge in [-0.25, -0.2) is 8.42 Å². The molecule has 156 valence electrons. The third-order valence-corrected chi connectivity index (χ3v) is 6.28. The number of hydrogen-bond acceptors (Lipinski definition) is 5. The van der Waals surface area contributed by atoms with Crippen molar-refractivity contribution in [2.75, 3.05) is 48.7 Å². The number of ether oxygens (including phenoxy) is 1. The third kappa shape index (κ3) is 5.20. The van der Waals surface area contributed by atoms with Crippen molar-refractivity contribution in [1.82, 2.24) is 4.90 Å². The Balaban J connectivity index is 1.54. The summed E-state index contributed by atoms with van der Waals surface area (Å²) < 4.78 is 30.2. The van der Waals surface area contributed by atoms with E-state index in [0.717, 1.165) is 19.3 Å². The molecule has 0 bridgehead atoms. The van der Waals surface area contributed by atoms with Crippen LogP contribution in [0, 0.1) is 0 Å². The van der Waals surface area contributed by atoms with Crippen LogP contribution in [0.5, 0.6) is 5.75 Å². The van der Waals surface area contributed by atoms with Gasteiger partial charge >= 0.3 is 0 Å². The van der Waals surface area contributed by atoms with Crippen LogP contribution < -0.4 is 13.9 Å². The molecule has 7 nitrogen and oxygen atoms in total. The Kier molecular flexibility index (Phi) is 6.32. The zero-order valence-corrected chi connectivity index (χ0v) is 17.8. The highest BCUT2D eigenvalue weighted by Gasteiger charge is 2.26. The van der Waals surface area contributed by atoms with E-state index in [-0.39, 0.29) is 5.91 Å². The summed E-state index contributed by atoms with van der Waals surface area (Å²) in [6, 6.07) is 16.8. The van der Waals surface area contributed by atoms with Crippen LogP contribution in [0.3, 0.4) is 0 Å². The van der Waals surface area contributed by atoms with Crippen molar-refractivity contribution in [1.29, 1.82) is 0 Å². The van der Waals surface area contributed by atoms with E-state index in [4.69, 9.17) is 4.74 Å². The molecule has 8 heteroatoms. The molecule has 1 heterocycles. The highest BCUT2D eigenvalue weighted by molar-refractivity contribution is 7.92. The van der Waals surface area contributed by atoms with Crippen molar-refractivity contribution >= 4 is 27.3 Å². The van der Waals surface area contributed by atoms with Gasteiger partial charge in [-0.05, 0) is 43.3 Å². The van der Waals surface area contributed by atoms with Gasteiger partial charge < -0.3 is 14.5 Å². The van der Waals surface area contributed by atoms with Crippen LogP contribution in [-0.2, 0) is 14.8 Å². The summed E-state index contributed by atoms with van der Waals surface area (Å²) in [5, 5.41) is 0. The summed E-state index contributed by atoms with van der Waals surface area (Å²) in [7, 11) is -1.82. The lowest BCUT2D eigenvalue weighted by Crippen LogP contribution is -2.52. The van der Waals surface area contributed by atoms with Gasteiger partial charge in [-0.2, -0.15) is 0 Å². The van der Waals surface area contributed by atoms with E-state index in [1.165, 1.54) is 17.0 Å². The number of sulfonamides is 1. The smallest absolute Gasteiger partial charge is 0.263 e. The molecule has 1 saturated heterocycles. The Morgan fingerprint density at radius 3 is 2.14 bits per heavy atom. The zero-order valence-electron chi connectivity index (χ0n) is 17.0. The molecule has 2 aromatic rings. The van der Waals surface area contributed by atoms with Crippen LogP contribution in [-0.4, -0.2) is 64.8 Å². The SMILES string of the molecule is CC(Oc1ccc(N(C)S(C)(=O)=O)cc1)C(=O)N1CCN(c2ccccc2)CC1. The van der Waals surface area contributed by atoms with Crippen LogP contribution in [0.4, 0.5) is 11.4 Å². The molecule has 1 atom stereocenters. The average Bonchev–Trinajstić information content (AvgIpc) is 2.73. The lowest BCUT2D eigenvalue weighted by molar-refractivity contribution is -0.138. The monoisotopic (exact) mass is 417 g/mol. The first-order valence-electron chi connectivity index (χ1n) is 9.55. The molecule has 0 spiro atoms. The lowest BCUT2D eigenvalue weighted by atomic mass is 10.2. The molecule has 1 aliphatic rings. The molecule has 1 amide bonds. The highest BCUT2D eigenvalue weighted by Crippen LogP contribution is 2.22. The van der Waals surface area contributed by atoms with Gasteiger partial charge in [0.15, 0.2) is 6.10 Å². The molecule has 2 aromatic carbocycles. The predicted octanol–water partition coefficient (Wildman–Crippen LogP) is 2.20. The second-order valence-corrected chi connectivity index (χ2v) is 9.15. The van der Waals surface area contributed by atoms with Crippen LogP contribution in [0.1, 0.15) is 6.92 Å². The van der Waals surface area contributed by atoms with Crippen LogP contribution in [0.15, 0.2) is 54.6 Å². The van der Waals surface area contributed by atoms with Gasteiger partial charge in [0.2, 0.25) is 10.0 Å². The first-order valence-corrected chi connectivity index (χ1v) is 11.4. The minimum atomic E-state index is -3.32. The Morgan fingerprint density at radius 2 is 1.59 bits per heavy atom. The molecule has 1 aliphatic heterocycles. The fraction of sp³-hybridized carbons (Fsp3) is 0.381. The number of piperazine rings is 1. The Morgan fingerprint density at radius 1 is 1.00 bits per heavy atom. The van der Waals surface area contributed by atoms with Crippen molar-refractivity contribution in [3.05, 3.63) is 54.6 Å². The number of amides is 1. The van der Waals surface area contributed by atoms with Crippen molar-refractivity contribution in [2.24, 2.45) is 0 Å². The molecule has 1 fully saturated rings. The van der Waals surface area contributed by atoms with E-state index in [2.05, 4.69) is 17.0 Å². The Hall–Kier alpha value is -2.74. The molecule has 0 radical (unpaired) electrons. The molecule has 0 saturated carbocycles. The topological polar surface area (TPSA) is 70.2 Å². The molecular weight excluding hydrogens is 390 g/mol. The summed E-state index contributed by atoms with van der Waals surface area (Å²) in [5.74, 6) is 0.481. The highest BCUT2D eigenvalue weighted by atomic mass is 32.2. The van der Waals surface area contributed by atoms with Crippen molar-refractivity contribution in [2.45, 2.75) is 13.0 Å². The molecule has 0 N–H and O–H groups in total. The summed E-state index contributed by atoms with van der Waals surface area (Å²) in [6.07, 6.45) is 0.534. The van der Waals surface area contributed by atoms with Crippen molar-refractivity contribution in [3.63, 3.8) is 0 Å². The second kappa shape index (κ2) is 8.73. The number of rotatable bonds is 6. The first kappa shape index (κ1) is 21.0. The van der Waals surface area contributed by atoms with Crippen LogP contribution in [0.25, 0.3) is 0 Å². The van der Waals surface area contributed by atoms with Crippen LogP contribution in [0.2, 0.25) is 0 Å². The average molecular weight is 418 g/mol. The molecular formula is C21H27N3O4S. The van der Waals surface area contributed by atoms with E-state index >= 15 is 0 Å². The van der Waals surface area contributed by atoms with Gasteiger partial charge in [-0.3, -0.25) is 9.10 Å². The fourth-order valence-corrected chi connectivity index (χ4v) is 3.77. The van der Waals surface area contributed by atoms with Gasteiger partial charge in [0.05, 0.1) is 11.9 Å². The Labute approximate surface area is 172 Å². The van der Waals surface area contributed by atoms with Gasteiger partial charge in [-0.15, -0.1) is 0 Å². The minimum Gasteiger partial charge on any atom is -0.481 e. The number of carbonyl (C=O) groups excluding carboxylic acids is 1. The van der Waals surface area contributed by atoms with Gasteiger partial charge in [0.1, 0.15) is 5.75 Å². The van der Waals surface area contributed by atoms with Crippen molar-refractivity contribution < 1.29 is 17.9 Å². The predicted molar refractivity (Wildman–Crippen MR) is 115 cm³/mol. The standard InChI is InChI=1S/C21H27N3O4S/c1-17(28-20-11-9-18(10-12-20)22(2)29(3,26)27)21(25)24-15-13-23(14-16-24)19-7-5-4-6-8-19/h4-12,17H,13-16H2,1-3H3. The number of nitrogens with zero attached hydrogens (tertiary/aromatic N) is 3. The van der Waals surface area contributed by atoms with Gasteiger partial charge in [-0.1, -0.05) is 18.2 Å². The second-order valence-electron chi connectivity index (χ2n) is 7.13. The van der Waals surface area contributed by atoms with Crippen molar-refractivity contribution in [3.8, 4) is 5.75 Å². The van der Waals surface area contributed by atoms with Gasteiger partial charge in [0, 0.05) is 38.9 Å². The quantitative estimate of drug-likeness (QED) is 0.721. The normalized spacial score (nSPS) is 15.7. The largest absolute Gasteiger partial charge is 0.481 e. The number of hydrogen-bond donors (Lipinski definition) is 0. The van der Waals surface area contributed by atoms with E-state index < -0.39 is 16.1 Å². The van der Waals surface area contributed by atoms with Gasteiger partial charge in [0.25, 0.3) is 5.91 Å². The lowest BCUT2D eigenvalue weighted by Gasteiger charge is -2.37. The maximum atomic E-state index is 12.7. The fourth-order valence-electron chi connectivity index (χ4n) is 3.26. The molecule has 3 rings (SSSR count). The number of carbonyl (C=O) groups is 1. The summed E-state index contributed by atoms with van der Waals surface area (Å²) in [5.41, 5.74) is 1.71. The number of benzene rings is 2. The van der Waals surface area contributed by atoms with E-state index in [1.54, 1.807) is 31.2 Å². The molecule has 29 heavy (non-hydrogen) atoms. The minimum absolute atomic E-state index is 0.0463. The van der Waals surface area contributed by atoms with E-state index in [1.807, 2.05) is 23.1 Å². The summed E-state index contributed by atoms with van der Waals surface area (Å²) in [4.78, 5) is 16.8. The zero-order chi connectivity index (χ0) is 21.0. The van der Waals surface area contributed by atoms with E-state index in [9.17, 15) is 13.2 Å². The summed E-state index contributed by atoms with van der Waals surface area (Å²) >= 11 is 0. The molecule has 1 unspecified atom stereocenters.